The Kier molecular flexibility index (Phi) is 3.72. The molecule has 0 amide bonds. The third-order valence-corrected chi connectivity index (χ3v) is 2.39. The number of hydrogen-bond acceptors (Lipinski definition) is 2. The van der Waals surface area contributed by atoms with Gasteiger partial charge in [0.2, 0.25) is 0 Å². The monoisotopic (exact) mass is 164 g/mol. The van der Waals surface area contributed by atoms with Crippen molar-refractivity contribution >= 4 is 18.1 Å². The van der Waals surface area contributed by atoms with E-state index < -0.39 is 0 Å². The Morgan fingerprint density at radius 1 is 1.70 bits per heavy atom. The van der Waals surface area contributed by atoms with E-state index in [9.17, 15) is 4.79 Å². The predicted octanol–water partition coefficient (Wildman–Crippen LogP) is 1.81. The lowest BCUT2D eigenvalue weighted by molar-refractivity contribution is -0.137. The fraction of sp³-hybridized carbons (Fsp3) is 0.857. The molecule has 0 N–H and O–H groups in total. The fourth-order valence-electron chi connectivity index (χ4n) is 0.376. The average Bonchev–Trinajstić information content (AvgIpc) is 1.89. The molecule has 0 aromatic heterocycles. The molecule has 10 heavy (non-hydrogen) atoms. The Hall–Kier alpha value is -0.240. The summed E-state index contributed by atoms with van der Waals surface area (Å²) in [7, 11) is 0. The van der Waals surface area contributed by atoms with Gasteiger partial charge in [0.15, 0.2) is 0 Å². The van der Waals surface area contributed by atoms with Crippen molar-refractivity contribution < 1.29 is 9.53 Å². The molecule has 0 aromatic carbocycles. The minimum Gasteiger partial charge on any atom is -0.464 e. The van der Waals surface area contributed by atoms with Crippen molar-refractivity contribution in [3.8, 4) is 0 Å². The number of carbonyl (C=O) groups excluding carboxylic acids is 1. The van der Waals surface area contributed by atoms with Crippen LogP contribution >= 0.6 is 11.6 Å². The number of alkyl halides is 1. The van der Waals surface area contributed by atoms with Gasteiger partial charge in [-0.15, -0.1) is 11.6 Å². The van der Waals surface area contributed by atoms with E-state index in [2.05, 4.69) is 0 Å². The van der Waals surface area contributed by atoms with Crippen LogP contribution in [0.2, 0.25) is 0 Å². The summed E-state index contributed by atoms with van der Waals surface area (Å²) in [4.78, 5) is 9.91. The lowest BCUT2D eigenvalue weighted by Gasteiger charge is -2.27. The van der Waals surface area contributed by atoms with Gasteiger partial charge in [0.05, 0.1) is 0 Å². The quantitative estimate of drug-likeness (QED) is 0.468. The van der Waals surface area contributed by atoms with Gasteiger partial charge in [-0.1, -0.05) is 13.8 Å². The molecule has 0 aliphatic rings. The Bertz CT molecular complexity index is 112. The predicted molar refractivity (Wildman–Crippen MR) is 41.1 cm³/mol. The van der Waals surface area contributed by atoms with Crippen LogP contribution in [0.15, 0.2) is 0 Å². The lowest BCUT2D eigenvalue weighted by atomic mass is 9.90. The smallest absolute Gasteiger partial charge is 0.293 e. The van der Waals surface area contributed by atoms with Crippen LogP contribution in [0.3, 0.4) is 0 Å². The van der Waals surface area contributed by atoms with Crippen molar-refractivity contribution in [1.82, 2.24) is 0 Å². The van der Waals surface area contributed by atoms with E-state index >= 15 is 0 Å². The molecule has 0 radical (unpaired) electrons. The molecule has 0 fully saturated rings. The summed E-state index contributed by atoms with van der Waals surface area (Å²) in [5.41, 5.74) is -0.136. The maximum absolute atomic E-state index is 9.91. The van der Waals surface area contributed by atoms with Gasteiger partial charge in [0.1, 0.15) is 6.10 Å². The van der Waals surface area contributed by atoms with Crippen LogP contribution in [0.5, 0.6) is 0 Å². The summed E-state index contributed by atoms with van der Waals surface area (Å²) in [5, 5.41) is 0. The first-order chi connectivity index (χ1) is 4.54. The standard InChI is InChI=1S/C7H13ClO2/c1-6(10-5-9)7(2,3)4-8/h5-6H,4H2,1-3H3. The summed E-state index contributed by atoms with van der Waals surface area (Å²) >= 11 is 5.63. The summed E-state index contributed by atoms with van der Waals surface area (Å²) in [6, 6.07) is 0. The highest BCUT2D eigenvalue weighted by atomic mass is 35.5. The largest absolute Gasteiger partial charge is 0.464 e. The summed E-state index contributed by atoms with van der Waals surface area (Å²) in [6.45, 7) is 6.19. The van der Waals surface area contributed by atoms with Crippen LogP contribution in [0.1, 0.15) is 20.8 Å². The van der Waals surface area contributed by atoms with E-state index in [1.165, 1.54) is 0 Å². The number of carbonyl (C=O) groups is 1. The molecule has 1 unspecified atom stereocenters. The second kappa shape index (κ2) is 3.81. The SMILES string of the molecule is CC(OC=O)C(C)(C)CCl. The minimum absolute atomic E-state index is 0.123. The first kappa shape index (κ1) is 9.76. The zero-order valence-electron chi connectivity index (χ0n) is 6.56. The fourth-order valence-corrected chi connectivity index (χ4v) is 0.593. The normalized spacial score (nSPS) is 14.4. The molecule has 0 heterocycles. The van der Waals surface area contributed by atoms with Gasteiger partial charge >= 0.3 is 0 Å². The zero-order valence-corrected chi connectivity index (χ0v) is 7.31. The van der Waals surface area contributed by atoms with Gasteiger partial charge in [0, 0.05) is 11.3 Å². The number of ether oxygens (including phenoxy) is 1. The van der Waals surface area contributed by atoms with E-state index in [1.807, 2.05) is 20.8 Å². The zero-order chi connectivity index (χ0) is 8.20. The van der Waals surface area contributed by atoms with Gasteiger partial charge in [-0.05, 0) is 6.92 Å². The summed E-state index contributed by atoms with van der Waals surface area (Å²) in [5.74, 6) is 0.488. The second-order valence-electron chi connectivity index (χ2n) is 3.00. The third kappa shape index (κ3) is 2.56. The Morgan fingerprint density at radius 2 is 2.20 bits per heavy atom. The minimum atomic E-state index is -0.136. The molecule has 0 aliphatic carbocycles. The Labute approximate surface area is 66.5 Å². The third-order valence-electron chi connectivity index (χ3n) is 1.70. The van der Waals surface area contributed by atoms with E-state index in [0.717, 1.165) is 0 Å². The van der Waals surface area contributed by atoms with E-state index in [-0.39, 0.29) is 11.5 Å². The summed E-state index contributed by atoms with van der Waals surface area (Å²) in [6.07, 6.45) is -0.123. The van der Waals surface area contributed by atoms with Gasteiger partial charge in [-0.3, -0.25) is 4.79 Å². The highest BCUT2D eigenvalue weighted by Crippen LogP contribution is 2.23. The van der Waals surface area contributed by atoms with Gasteiger partial charge in [-0.25, -0.2) is 0 Å². The molecule has 0 aliphatic heterocycles. The Balaban J connectivity index is 3.89. The maximum atomic E-state index is 9.91. The number of hydrogen-bond donors (Lipinski definition) is 0. The molecule has 1 atom stereocenters. The highest BCUT2D eigenvalue weighted by Gasteiger charge is 2.25. The van der Waals surface area contributed by atoms with Crippen LogP contribution < -0.4 is 0 Å². The first-order valence-corrected chi connectivity index (χ1v) is 3.73. The summed E-state index contributed by atoms with van der Waals surface area (Å²) < 4.78 is 4.73. The van der Waals surface area contributed by atoms with Crippen molar-refractivity contribution in [3.05, 3.63) is 0 Å². The molecule has 0 saturated carbocycles. The first-order valence-electron chi connectivity index (χ1n) is 3.19. The van der Waals surface area contributed by atoms with Gasteiger partial charge < -0.3 is 4.74 Å². The molecule has 60 valence electrons. The number of halogens is 1. The van der Waals surface area contributed by atoms with Gasteiger partial charge in [-0.2, -0.15) is 0 Å². The molecule has 0 spiro atoms. The molecule has 3 heteroatoms. The molecular weight excluding hydrogens is 152 g/mol. The average molecular weight is 165 g/mol. The Morgan fingerprint density at radius 3 is 2.50 bits per heavy atom. The maximum Gasteiger partial charge on any atom is 0.293 e. The van der Waals surface area contributed by atoms with Gasteiger partial charge in [0.25, 0.3) is 6.47 Å². The van der Waals surface area contributed by atoms with Crippen LogP contribution in [0, 0.1) is 5.41 Å². The second-order valence-corrected chi connectivity index (χ2v) is 3.26. The molecular formula is C7H13ClO2. The van der Waals surface area contributed by atoms with Crippen molar-refractivity contribution in [2.24, 2.45) is 5.41 Å². The molecule has 2 nitrogen and oxygen atoms in total. The number of rotatable bonds is 4. The van der Waals surface area contributed by atoms with Crippen molar-refractivity contribution in [1.29, 1.82) is 0 Å². The lowest BCUT2D eigenvalue weighted by Crippen LogP contribution is -2.30. The molecule has 0 aromatic rings. The van der Waals surface area contributed by atoms with Crippen LogP contribution in [0.4, 0.5) is 0 Å². The van der Waals surface area contributed by atoms with Crippen molar-refractivity contribution in [2.75, 3.05) is 5.88 Å². The highest BCUT2D eigenvalue weighted by molar-refractivity contribution is 6.18. The molecule has 0 bridgehead atoms. The topological polar surface area (TPSA) is 26.3 Å². The van der Waals surface area contributed by atoms with E-state index in [0.29, 0.717) is 12.4 Å². The van der Waals surface area contributed by atoms with Crippen LogP contribution in [-0.2, 0) is 9.53 Å². The van der Waals surface area contributed by atoms with E-state index in [1.54, 1.807) is 0 Å². The molecule has 0 saturated heterocycles. The van der Waals surface area contributed by atoms with Crippen molar-refractivity contribution in [2.45, 2.75) is 26.9 Å². The van der Waals surface area contributed by atoms with Crippen LogP contribution in [-0.4, -0.2) is 18.5 Å². The van der Waals surface area contributed by atoms with E-state index in [4.69, 9.17) is 16.3 Å². The van der Waals surface area contributed by atoms with Crippen molar-refractivity contribution in [3.63, 3.8) is 0 Å². The molecule has 0 rings (SSSR count). The van der Waals surface area contributed by atoms with Crippen LogP contribution in [0.25, 0.3) is 0 Å².